The highest BCUT2D eigenvalue weighted by atomic mass is 16.3. The third-order valence-electron chi connectivity index (χ3n) is 5.38. The summed E-state index contributed by atoms with van der Waals surface area (Å²) in [6.07, 6.45) is 5.69. The summed E-state index contributed by atoms with van der Waals surface area (Å²) in [5.41, 5.74) is 6.52. The maximum absolute atomic E-state index is 6.40. The molecule has 0 saturated heterocycles. The molecule has 3 nitrogen and oxygen atoms in total. The third kappa shape index (κ3) is 2.00. The number of aromatic nitrogens is 2. The van der Waals surface area contributed by atoms with Crippen LogP contribution >= 0.6 is 0 Å². The van der Waals surface area contributed by atoms with Crippen molar-refractivity contribution in [3.8, 4) is 11.3 Å². The van der Waals surface area contributed by atoms with Gasteiger partial charge in [0, 0.05) is 10.8 Å². The molecule has 126 valence electrons. The maximum Gasteiger partial charge on any atom is 0.234 e. The molecule has 0 atom stereocenters. The van der Waals surface area contributed by atoms with Crippen LogP contribution in [0.1, 0.15) is 11.1 Å². The van der Waals surface area contributed by atoms with Crippen molar-refractivity contribution in [3.63, 3.8) is 0 Å². The van der Waals surface area contributed by atoms with Crippen LogP contribution in [0, 0.1) is 13.8 Å². The molecule has 0 bridgehead atoms. The zero-order valence-corrected chi connectivity index (χ0v) is 15.1. The van der Waals surface area contributed by atoms with Gasteiger partial charge in [0.05, 0.1) is 18.0 Å². The average molecular weight is 339 g/mol. The van der Waals surface area contributed by atoms with Crippen LogP contribution in [0.25, 0.3) is 44.0 Å². The molecule has 26 heavy (non-hydrogen) atoms. The van der Waals surface area contributed by atoms with Gasteiger partial charge in [-0.15, -0.1) is 0 Å². The lowest BCUT2D eigenvalue weighted by atomic mass is 9.95. The molecule has 5 aromatic rings. The molecule has 0 aliphatic heterocycles. The summed E-state index contributed by atoms with van der Waals surface area (Å²) < 4.78 is 8.49. The van der Waals surface area contributed by atoms with Crippen LogP contribution in [0.15, 0.2) is 65.5 Å². The molecule has 0 aliphatic carbocycles. The van der Waals surface area contributed by atoms with Crippen LogP contribution < -0.4 is 4.57 Å². The Balaban J connectivity index is 2.02. The summed E-state index contributed by atoms with van der Waals surface area (Å²) in [6.45, 7) is 4.32. The van der Waals surface area contributed by atoms with Crippen molar-refractivity contribution < 1.29 is 8.98 Å². The summed E-state index contributed by atoms with van der Waals surface area (Å²) in [6, 6.07) is 14.9. The van der Waals surface area contributed by atoms with E-state index >= 15 is 0 Å². The zero-order valence-electron chi connectivity index (χ0n) is 15.1. The number of aryl methyl sites for hydroxylation is 2. The molecule has 3 heteroatoms. The monoisotopic (exact) mass is 339 g/mol. The molecule has 0 N–H and O–H groups in total. The molecule has 0 unspecified atom stereocenters. The summed E-state index contributed by atoms with van der Waals surface area (Å²) in [7, 11) is 2.04. The highest BCUT2D eigenvalue weighted by molar-refractivity contribution is 6.20. The van der Waals surface area contributed by atoms with Crippen molar-refractivity contribution in [2.24, 2.45) is 7.05 Å². The van der Waals surface area contributed by atoms with Crippen molar-refractivity contribution in [3.05, 3.63) is 72.2 Å². The van der Waals surface area contributed by atoms with Gasteiger partial charge in [0.25, 0.3) is 0 Å². The van der Waals surface area contributed by atoms with E-state index in [1.165, 1.54) is 32.7 Å². The highest BCUT2D eigenvalue weighted by Crippen LogP contribution is 2.40. The van der Waals surface area contributed by atoms with Gasteiger partial charge in [-0.05, 0) is 47.9 Å². The number of nitrogens with zero attached hydrogens (tertiary/aromatic N) is 2. The van der Waals surface area contributed by atoms with E-state index in [4.69, 9.17) is 4.42 Å². The Morgan fingerprint density at radius 3 is 2.69 bits per heavy atom. The first kappa shape index (κ1) is 15.1. The second kappa shape index (κ2) is 5.40. The SMILES string of the molecule is Cc1cc2c(oc3ccc4ccccc4c32)c(-c2cncc[n+]2C)c1C. The molecule has 2 heterocycles. The average Bonchev–Trinajstić information content (AvgIpc) is 3.02. The van der Waals surface area contributed by atoms with Crippen LogP contribution in [0.3, 0.4) is 0 Å². The van der Waals surface area contributed by atoms with Crippen molar-refractivity contribution >= 4 is 32.7 Å². The van der Waals surface area contributed by atoms with Gasteiger partial charge in [0.1, 0.15) is 18.2 Å². The Labute approximate surface area is 151 Å². The van der Waals surface area contributed by atoms with Gasteiger partial charge < -0.3 is 4.42 Å². The topological polar surface area (TPSA) is 29.9 Å². The van der Waals surface area contributed by atoms with E-state index in [-0.39, 0.29) is 0 Å². The van der Waals surface area contributed by atoms with E-state index in [0.29, 0.717) is 0 Å². The molecular formula is C23H19N2O+. The lowest BCUT2D eigenvalue weighted by Gasteiger charge is -2.08. The number of hydrogen-bond donors (Lipinski definition) is 0. The zero-order chi connectivity index (χ0) is 17.8. The first-order valence-electron chi connectivity index (χ1n) is 8.79. The van der Waals surface area contributed by atoms with Crippen molar-refractivity contribution in [2.75, 3.05) is 0 Å². The van der Waals surface area contributed by atoms with Gasteiger partial charge in [0.15, 0.2) is 6.20 Å². The van der Waals surface area contributed by atoms with Crippen molar-refractivity contribution in [1.82, 2.24) is 4.98 Å². The van der Waals surface area contributed by atoms with Crippen LogP contribution in [0.2, 0.25) is 0 Å². The molecule has 0 radical (unpaired) electrons. The number of benzene rings is 3. The van der Waals surface area contributed by atoms with Gasteiger partial charge in [-0.1, -0.05) is 30.3 Å². The Kier molecular flexibility index (Phi) is 3.13. The largest absolute Gasteiger partial charge is 0.455 e. The van der Waals surface area contributed by atoms with Crippen LogP contribution in [-0.2, 0) is 7.05 Å². The number of furan rings is 1. The first-order valence-corrected chi connectivity index (χ1v) is 8.79. The minimum atomic E-state index is 0.927. The molecule has 0 fully saturated rings. The van der Waals surface area contributed by atoms with Gasteiger partial charge in [-0.2, -0.15) is 4.57 Å². The summed E-state index contributed by atoms with van der Waals surface area (Å²) in [5, 5.41) is 4.82. The van der Waals surface area contributed by atoms with Gasteiger partial charge in [-0.3, -0.25) is 4.98 Å². The number of fused-ring (bicyclic) bond motifs is 5. The second-order valence-corrected chi connectivity index (χ2v) is 6.90. The quantitative estimate of drug-likeness (QED) is 0.391. The fraction of sp³-hybridized carbons (Fsp3) is 0.130. The number of rotatable bonds is 1. The lowest BCUT2D eigenvalue weighted by molar-refractivity contribution is -0.660. The normalized spacial score (nSPS) is 11.7. The fourth-order valence-corrected chi connectivity index (χ4v) is 3.88. The summed E-state index contributed by atoms with van der Waals surface area (Å²) in [5.74, 6) is 0. The Hall–Kier alpha value is -3.20. The molecule has 2 aromatic heterocycles. The van der Waals surface area contributed by atoms with Gasteiger partial charge in [0.2, 0.25) is 5.69 Å². The van der Waals surface area contributed by atoms with Crippen LogP contribution in [0.4, 0.5) is 0 Å². The second-order valence-electron chi connectivity index (χ2n) is 6.90. The minimum Gasteiger partial charge on any atom is -0.455 e. The lowest BCUT2D eigenvalue weighted by Crippen LogP contribution is -2.30. The van der Waals surface area contributed by atoms with E-state index in [1.54, 1.807) is 6.20 Å². The van der Waals surface area contributed by atoms with Crippen LogP contribution in [-0.4, -0.2) is 4.98 Å². The standard InChI is InChI=1S/C23H19N2O/c1-14-12-18-22-17-7-5-4-6-16(17)8-9-20(22)26-23(18)21(15(14)2)19-13-24-10-11-25(19)3/h4-13H,1-3H3/q+1. The molecule has 3 aromatic carbocycles. The predicted octanol–water partition coefficient (Wildman–Crippen LogP) is 5.24. The Morgan fingerprint density at radius 2 is 1.85 bits per heavy atom. The summed E-state index contributed by atoms with van der Waals surface area (Å²) >= 11 is 0. The molecule has 5 rings (SSSR count). The van der Waals surface area contributed by atoms with E-state index < -0.39 is 0 Å². The number of hydrogen-bond acceptors (Lipinski definition) is 2. The first-order chi connectivity index (χ1) is 12.6. The fourth-order valence-electron chi connectivity index (χ4n) is 3.88. The van der Waals surface area contributed by atoms with E-state index in [0.717, 1.165) is 22.4 Å². The van der Waals surface area contributed by atoms with Crippen molar-refractivity contribution in [2.45, 2.75) is 13.8 Å². The molecular weight excluding hydrogens is 320 g/mol. The molecule has 0 amide bonds. The molecule has 0 spiro atoms. The Morgan fingerprint density at radius 1 is 1.00 bits per heavy atom. The van der Waals surface area contributed by atoms with Crippen LogP contribution in [0.5, 0.6) is 0 Å². The maximum atomic E-state index is 6.40. The highest BCUT2D eigenvalue weighted by Gasteiger charge is 2.22. The third-order valence-corrected chi connectivity index (χ3v) is 5.38. The van der Waals surface area contributed by atoms with Gasteiger partial charge >= 0.3 is 0 Å². The molecule has 0 aliphatic rings. The van der Waals surface area contributed by atoms with E-state index in [2.05, 4.69) is 65.9 Å². The Bertz CT molecular complexity index is 1310. The molecule has 0 saturated carbocycles. The summed E-state index contributed by atoms with van der Waals surface area (Å²) in [4.78, 5) is 4.34. The van der Waals surface area contributed by atoms with E-state index in [1.807, 2.05) is 19.4 Å². The van der Waals surface area contributed by atoms with Gasteiger partial charge in [-0.25, -0.2) is 0 Å². The minimum absolute atomic E-state index is 0.927. The predicted molar refractivity (Wildman–Crippen MR) is 105 cm³/mol. The van der Waals surface area contributed by atoms with Crippen molar-refractivity contribution in [1.29, 1.82) is 0 Å². The van der Waals surface area contributed by atoms with E-state index in [9.17, 15) is 0 Å². The smallest absolute Gasteiger partial charge is 0.234 e.